The van der Waals surface area contributed by atoms with Crippen LogP contribution in [-0.2, 0) is 21.9 Å². The van der Waals surface area contributed by atoms with Gasteiger partial charge in [-0.2, -0.15) is 0 Å². The van der Waals surface area contributed by atoms with Crippen LogP contribution in [0.3, 0.4) is 0 Å². The molecule has 5 nitrogen and oxygen atoms in total. The minimum atomic E-state index is -0.606. The molecule has 8 heteroatoms. The molecule has 0 aliphatic rings. The van der Waals surface area contributed by atoms with Crippen molar-refractivity contribution in [3.63, 3.8) is 0 Å². The zero-order chi connectivity index (χ0) is 24.6. The smallest absolute Gasteiger partial charge is 0.243 e. The summed E-state index contributed by atoms with van der Waals surface area (Å²) in [5.41, 5.74) is 1.44. The predicted octanol–water partition coefficient (Wildman–Crippen LogP) is 5.96. The van der Waals surface area contributed by atoms with Gasteiger partial charge in [0.05, 0.1) is 12.9 Å². The number of ether oxygens (including phenoxy) is 1. The molecule has 2 aromatic rings. The van der Waals surface area contributed by atoms with Crippen molar-refractivity contribution in [3.05, 3.63) is 63.6 Å². The topological polar surface area (TPSA) is 58.6 Å². The average molecular weight is 512 g/mol. The van der Waals surface area contributed by atoms with Gasteiger partial charge in [0.1, 0.15) is 11.8 Å². The molecule has 0 saturated heterocycles. The monoisotopic (exact) mass is 510 g/mol. The Morgan fingerprint density at radius 1 is 1.12 bits per heavy atom. The Kier molecular flexibility index (Phi) is 10.4. The van der Waals surface area contributed by atoms with Gasteiger partial charge >= 0.3 is 0 Å². The first-order chi connectivity index (χ1) is 15.5. The van der Waals surface area contributed by atoms with Gasteiger partial charge in [-0.1, -0.05) is 48.3 Å². The number of amides is 2. The van der Waals surface area contributed by atoms with Crippen LogP contribution in [0.1, 0.15) is 45.2 Å². The number of thioether (sulfide) groups is 1. The molecule has 1 atom stereocenters. The molecule has 0 bridgehead atoms. The summed E-state index contributed by atoms with van der Waals surface area (Å²) in [4.78, 5) is 28.0. The van der Waals surface area contributed by atoms with Crippen LogP contribution >= 0.6 is 35.0 Å². The Morgan fingerprint density at radius 2 is 1.79 bits per heavy atom. The van der Waals surface area contributed by atoms with Crippen LogP contribution in [0.5, 0.6) is 5.75 Å². The highest BCUT2D eigenvalue weighted by Crippen LogP contribution is 2.25. The largest absolute Gasteiger partial charge is 0.497 e. The van der Waals surface area contributed by atoms with Crippen LogP contribution in [-0.4, -0.2) is 41.2 Å². The second-order valence-electron chi connectivity index (χ2n) is 8.76. The lowest BCUT2D eigenvalue weighted by atomic mass is 10.1. The molecule has 2 amide bonds. The summed E-state index contributed by atoms with van der Waals surface area (Å²) in [5.74, 6) is 1.42. The Balaban J connectivity index is 2.18. The maximum Gasteiger partial charge on any atom is 0.243 e. The second-order valence-corrected chi connectivity index (χ2v) is 10.6. The third kappa shape index (κ3) is 8.76. The van der Waals surface area contributed by atoms with E-state index in [4.69, 9.17) is 27.9 Å². The van der Waals surface area contributed by atoms with Crippen molar-refractivity contribution in [2.24, 2.45) is 0 Å². The van der Waals surface area contributed by atoms with Crippen molar-refractivity contribution in [3.8, 4) is 5.75 Å². The molecule has 0 saturated carbocycles. The van der Waals surface area contributed by atoms with E-state index < -0.39 is 11.6 Å². The van der Waals surface area contributed by atoms with E-state index in [9.17, 15) is 9.59 Å². The third-order valence-electron chi connectivity index (χ3n) is 4.89. The highest BCUT2D eigenvalue weighted by atomic mass is 35.5. The van der Waals surface area contributed by atoms with E-state index in [1.165, 1.54) is 11.8 Å². The van der Waals surface area contributed by atoms with E-state index in [0.717, 1.165) is 16.9 Å². The van der Waals surface area contributed by atoms with Gasteiger partial charge < -0.3 is 15.0 Å². The normalized spacial score (nSPS) is 12.2. The fraction of sp³-hybridized carbons (Fsp3) is 0.440. The van der Waals surface area contributed by atoms with Crippen molar-refractivity contribution < 1.29 is 14.3 Å². The van der Waals surface area contributed by atoms with Crippen LogP contribution in [0.15, 0.2) is 42.5 Å². The van der Waals surface area contributed by atoms with Gasteiger partial charge in [0.2, 0.25) is 11.8 Å². The first kappa shape index (κ1) is 27.4. The lowest BCUT2D eigenvalue weighted by Gasteiger charge is -2.33. The standard InChI is InChI=1S/C25H32Cl2N2O3S/c1-6-22(24(31)28-25(2,3)4)29(14-18-9-10-19(26)13-21(18)27)23(30)16-33-15-17-7-11-20(32-5)12-8-17/h7-13,22H,6,14-16H2,1-5H3,(H,28,31)/t22-/m1/s1. The van der Waals surface area contributed by atoms with Gasteiger partial charge in [-0.25, -0.2) is 0 Å². The number of halogens is 2. The van der Waals surface area contributed by atoms with Crippen molar-refractivity contribution in [2.75, 3.05) is 12.9 Å². The van der Waals surface area contributed by atoms with Crippen LogP contribution in [0.2, 0.25) is 10.0 Å². The van der Waals surface area contributed by atoms with Crippen LogP contribution in [0.4, 0.5) is 0 Å². The Morgan fingerprint density at radius 3 is 2.33 bits per heavy atom. The van der Waals surface area contributed by atoms with Gasteiger partial charge in [-0.15, -0.1) is 11.8 Å². The number of benzene rings is 2. The van der Waals surface area contributed by atoms with Crippen molar-refractivity contribution >= 4 is 46.8 Å². The van der Waals surface area contributed by atoms with Crippen LogP contribution in [0.25, 0.3) is 0 Å². The number of hydrogen-bond donors (Lipinski definition) is 1. The summed E-state index contributed by atoms with van der Waals surface area (Å²) in [5, 5.41) is 3.99. The maximum atomic E-state index is 13.3. The zero-order valence-corrected chi connectivity index (χ0v) is 22.1. The van der Waals surface area contributed by atoms with E-state index in [0.29, 0.717) is 22.2 Å². The fourth-order valence-electron chi connectivity index (χ4n) is 3.27. The van der Waals surface area contributed by atoms with E-state index >= 15 is 0 Å². The number of rotatable bonds is 10. The Hall–Kier alpha value is -1.89. The highest BCUT2D eigenvalue weighted by molar-refractivity contribution is 7.99. The van der Waals surface area contributed by atoms with E-state index in [-0.39, 0.29) is 24.1 Å². The maximum absolute atomic E-state index is 13.3. The molecule has 0 aromatic heterocycles. The first-order valence-electron chi connectivity index (χ1n) is 10.8. The molecule has 2 rings (SSSR count). The van der Waals surface area contributed by atoms with Gasteiger partial charge in [0.25, 0.3) is 0 Å². The molecule has 2 aromatic carbocycles. The zero-order valence-electron chi connectivity index (χ0n) is 19.8. The number of carbonyl (C=O) groups is 2. The average Bonchev–Trinajstić information content (AvgIpc) is 2.74. The molecule has 0 spiro atoms. The number of carbonyl (C=O) groups excluding carboxylic acids is 2. The molecule has 180 valence electrons. The number of nitrogens with zero attached hydrogens (tertiary/aromatic N) is 1. The van der Waals surface area contributed by atoms with Crippen molar-refractivity contribution in [2.45, 2.75) is 58.0 Å². The molecule has 0 unspecified atom stereocenters. The molecule has 0 fully saturated rings. The fourth-order valence-corrected chi connectivity index (χ4v) is 4.61. The van der Waals surface area contributed by atoms with E-state index in [2.05, 4.69) is 5.32 Å². The number of hydrogen-bond acceptors (Lipinski definition) is 4. The number of methoxy groups -OCH3 is 1. The molecular formula is C25H32Cl2N2O3S. The summed E-state index contributed by atoms with van der Waals surface area (Å²) < 4.78 is 5.19. The number of nitrogens with one attached hydrogen (secondary N) is 1. The molecule has 1 N–H and O–H groups in total. The summed E-state index contributed by atoms with van der Waals surface area (Å²) in [7, 11) is 1.63. The van der Waals surface area contributed by atoms with Gasteiger partial charge in [0.15, 0.2) is 0 Å². The summed E-state index contributed by atoms with van der Waals surface area (Å²) >= 11 is 13.9. The highest BCUT2D eigenvalue weighted by Gasteiger charge is 2.30. The lowest BCUT2D eigenvalue weighted by Crippen LogP contribution is -2.53. The molecule has 0 aliphatic carbocycles. The summed E-state index contributed by atoms with van der Waals surface area (Å²) in [6, 6.07) is 12.3. The van der Waals surface area contributed by atoms with Gasteiger partial charge in [-0.3, -0.25) is 9.59 Å². The van der Waals surface area contributed by atoms with E-state index in [1.807, 2.05) is 52.0 Å². The molecule has 0 heterocycles. The Bertz CT molecular complexity index is 946. The van der Waals surface area contributed by atoms with Crippen LogP contribution < -0.4 is 10.1 Å². The molecule has 0 aliphatic heterocycles. The lowest BCUT2D eigenvalue weighted by molar-refractivity contribution is -0.140. The van der Waals surface area contributed by atoms with Gasteiger partial charge in [0, 0.05) is 27.9 Å². The molecule has 0 radical (unpaired) electrons. The molecule has 33 heavy (non-hydrogen) atoms. The third-order valence-corrected chi connectivity index (χ3v) is 6.47. The SMILES string of the molecule is CC[C@H](C(=O)NC(C)(C)C)N(Cc1ccc(Cl)cc1Cl)C(=O)CSCc1ccc(OC)cc1. The molecular weight excluding hydrogens is 479 g/mol. The minimum absolute atomic E-state index is 0.115. The van der Waals surface area contributed by atoms with E-state index in [1.54, 1.807) is 30.2 Å². The predicted molar refractivity (Wildman–Crippen MR) is 138 cm³/mol. The summed E-state index contributed by atoms with van der Waals surface area (Å²) in [6.07, 6.45) is 0.488. The summed E-state index contributed by atoms with van der Waals surface area (Å²) in [6.45, 7) is 7.90. The first-order valence-corrected chi connectivity index (χ1v) is 12.7. The Labute approximate surface area is 211 Å². The quantitative estimate of drug-likeness (QED) is 0.428. The van der Waals surface area contributed by atoms with Crippen molar-refractivity contribution in [1.82, 2.24) is 10.2 Å². The van der Waals surface area contributed by atoms with Crippen molar-refractivity contribution in [1.29, 1.82) is 0 Å². The van der Waals surface area contributed by atoms with Crippen LogP contribution in [0, 0.1) is 0 Å². The van der Waals surface area contributed by atoms with Gasteiger partial charge in [-0.05, 0) is 62.6 Å². The second kappa shape index (κ2) is 12.5. The minimum Gasteiger partial charge on any atom is -0.497 e.